The summed E-state index contributed by atoms with van der Waals surface area (Å²) in [5, 5.41) is 12.9. The highest BCUT2D eigenvalue weighted by Crippen LogP contribution is 2.46. The Morgan fingerprint density at radius 1 is 1.22 bits per heavy atom. The van der Waals surface area contributed by atoms with Crippen LogP contribution < -0.4 is 14.8 Å². The smallest absolute Gasteiger partial charge is 0.225 e. The molecule has 120 valence electrons. The second kappa shape index (κ2) is 5.79. The van der Waals surface area contributed by atoms with Gasteiger partial charge in [-0.15, -0.1) is 0 Å². The maximum absolute atomic E-state index is 13.3. The molecule has 0 spiro atoms. The molecule has 0 aromatic heterocycles. The Morgan fingerprint density at radius 3 is 2.65 bits per heavy atom. The Balaban J connectivity index is 2.20. The molecule has 1 heterocycles. The highest BCUT2D eigenvalue weighted by Gasteiger charge is 2.32. The average Bonchev–Trinajstić information content (AvgIpc) is 2.52. The molecule has 5 nitrogen and oxygen atoms in total. The molecule has 0 radical (unpaired) electrons. The zero-order valence-electron chi connectivity index (χ0n) is 12.7. The van der Waals surface area contributed by atoms with Crippen molar-refractivity contribution in [3.8, 4) is 17.2 Å². The van der Waals surface area contributed by atoms with Crippen LogP contribution in [0.2, 0.25) is 0 Å². The fourth-order valence-electron chi connectivity index (χ4n) is 2.92. The Labute approximate surface area is 132 Å². The largest absolute Gasteiger partial charge is 0.508 e. The maximum atomic E-state index is 13.3. The molecular formula is C17H16FNO4. The molecule has 1 amide bonds. The highest BCUT2D eigenvalue weighted by atomic mass is 19.1. The van der Waals surface area contributed by atoms with Crippen molar-refractivity contribution in [2.75, 3.05) is 19.5 Å². The third-order valence-corrected chi connectivity index (χ3v) is 3.95. The van der Waals surface area contributed by atoms with Gasteiger partial charge in [-0.25, -0.2) is 4.39 Å². The van der Waals surface area contributed by atoms with E-state index in [-0.39, 0.29) is 18.1 Å². The van der Waals surface area contributed by atoms with Gasteiger partial charge in [0, 0.05) is 41.7 Å². The number of carbonyl (C=O) groups is 1. The van der Waals surface area contributed by atoms with Crippen LogP contribution in [-0.2, 0) is 4.79 Å². The number of phenolic OH excluding ortho intramolecular Hbond substituents is 1. The zero-order valence-corrected chi connectivity index (χ0v) is 12.7. The summed E-state index contributed by atoms with van der Waals surface area (Å²) in [7, 11) is 3.04. The molecular weight excluding hydrogens is 301 g/mol. The molecule has 0 unspecified atom stereocenters. The number of ether oxygens (including phenoxy) is 2. The van der Waals surface area contributed by atoms with E-state index in [1.807, 2.05) is 0 Å². The minimum atomic E-state index is -0.534. The fourth-order valence-corrected chi connectivity index (χ4v) is 2.92. The Bertz CT molecular complexity index is 775. The number of amides is 1. The van der Waals surface area contributed by atoms with Crippen LogP contribution in [0.25, 0.3) is 0 Å². The number of fused-ring (bicyclic) bond motifs is 1. The van der Waals surface area contributed by atoms with E-state index in [4.69, 9.17) is 9.47 Å². The van der Waals surface area contributed by atoms with Gasteiger partial charge in [0.1, 0.15) is 23.1 Å². The summed E-state index contributed by atoms with van der Waals surface area (Å²) in [5.74, 6) is -0.262. The number of halogens is 1. The Kier molecular flexibility index (Phi) is 3.82. The van der Waals surface area contributed by atoms with Crippen LogP contribution in [0.4, 0.5) is 10.1 Å². The lowest BCUT2D eigenvalue weighted by atomic mass is 9.83. The van der Waals surface area contributed by atoms with Gasteiger partial charge in [-0.05, 0) is 6.07 Å². The number of rotatable bonds is 3. The molecule has 0 fully saturated rings. The normalized spacial score (nSPS) is 16.5. The topological polar surface area (TPSA) is 67.8 Å². The Morgan fingerprint density at radius 2 is 2.00 bits per heavy atom. The first-order valence-corrected chi connectivity index (χ1v) is 7.07. The number of methoxy groups -OCH3 is 2. The van der Waals surface area contributed by atoms with Crippen LogP contribution in [0, 0.1) is 5.82 Å². The summed E-state index contributed by atoms with van der Waals surface area (Å²) in [5.41, 5.74) is 1.77. The van der Waals surface area contributed by atoms with E-state index in [2.05, 4.69) is 5.32 Å². The third kappa shape index (κ3) is 2.67. The van der Waals surface area contributed by atoms with E-state index in [0.29, 0.717) is 22.7 Å². The summed E-state index contributed by atoms with van der Waals surface area (Å²) >= 11 is 0. The van der Waals surface area contributed by atoms with Gasteiger partial charge in [0.15, 0.2) is 0 Å². The van der Waals surface area contributed by atoms with E-state index in [0.717, 1.165) is 11.6 Å². The van der Waals surface area contributed by atoms with Gasteiger partial charge in [-0.1, -0.05) is 6.07 Å². The Hall–Kier alpha value is -2.76. The van der Waals surface area contributed by atoms with Crippen molar-refractivity contribution in [2.45, 2.75) is 12.3 Å². The standard InChI is InChI=1S/C17H16FNO4/c1-22-10-6-13-17(15(7-10)23-2)12(8-16(21)19-13)11-4-3-9(18)5-14(11)20/h3-7,12,20H,8H2,1-2H3,(H,19,21)/t12-/m1/s1. The number of phenols is 1. The molecule has 0 aliphatic carbocycles. The quantitative estimate of drug-likeness (QED) is 0.913. The van der Waals surface area contributed by atoms with Gasteiger partial charge in [0.05, 0.1) is 19.9 Å². The zero-order chi connectivity index (χ0) is 16.6. The lowest BCUT2D eigenvalue weighted by Gasteiger charge is -2.28. The first-order chi connectivity index (χ1) is 11.0. The van der Waals surface area contributed by atoms with Crippen molar-refractivity contribution in [1.29, 1.82) is 0 Å². The van der Waals surface area contributed by atoms with E-state index in [9.17, 15) is 14.3 Å². The number of nitrogens with one attached hydrogen (secondary N) is 1. The first kappa shape index (κ1) is 15.1. The lowest BCUT2D eigenvalue weighted by molar-refractivity contribution is -0.116. The number of aromatic hydroxyl groups is 1. The third-order valence-electron chi connectivity index (χ3n) is 3.95. The SMILES string of the molecule is COc1cc2c(c(OC)c1)[C@@H](c1ccc(F)cc1O)CC(=O)N2. The molecule has 0 bridgehead atoms. The van der Waals surface area contributed by atoms with Gasteiger partial charge in [0.2, 0.25) is 5.91 Å². The molecule has 23 heavy (non-hydrogen) atoms. The number of carbonyl (C=O) groups excluding carboxylic acids is 1. The number of anilines is 1. The monoisotopic (exact) mass is 317 g/mol. The summed E-state index contributed by atoms with van der Waals surface area (Å²) < 4.78 is 23.9. The molecule has 1 aliphatic heterocycles. The minimum Gasteiger partial charge on any atom is -0.508 e. The molecule has 3 rings (SSSR count). The van der Waals surface area contributed by atoms with Crippen LogP contribution in [0.5, 0.6) is 17.2 Å². The molecule has 0 saturated heterocycles. The van der Waals surface area contributed by atoms with Crippen LogP contribution in [0.1, 0.15) is 23.5 Å². The van der Waals surface area contributed by atoms with Gasteiger partial charge >= 0.3 is 0 Å². The number of hydrogen-bond donors (Lipinski definition) is 2. The lowest BCUT2D eigenvalue weighted by Crippen LogP contribution is -2.24. The summed E-state index contributed by atoms with van der Waals surface area (Å²) in [6, 6.07) is 7.20. The average molecular weight is 317 g/mol. The predicted octanol–water partition coefficient (Wildman–Crippen LogP) is 3.02. The van der Waals surface area contributed by atoms with Gasteiger partial charge in [-0.3, -0.25) is 4.79 Å². The highest BCUT2D eigenvalue weighted by molar-refractivity contribution is 5.96. The van der Waals surface area contributed by atoms with Crippen molar-refractivity contribution in [3.63, 3.8) is 0 Å². The van der Waals surface area contributed by atoms with E-state index in [1.54, 1.807) is 12.1 Å². The predicted molar refractivity (Wildman–Crippen MR) is 82.7 cm³/mol. The van der Waals surface area contributed by atoms with Gasteiger partial charge in [-0.2, -0.15) is 0 Å². The summed E-state index contributed by atoms with van der Waals surface area (Å²) in [4.78, 5) is 12.0. The molecule has 1 atom stereocenters. The summed E-state index contributed by atoms with van der Waals surface area (Å²) in [6.07, 6.45) is 0.134. The molecule has 2 N–H and O–H groups in total. The van der Waals surface area contributed by atoms with Crippen LogP contribution >= 0.6 is 0 Å². The van der Waals surface area contributed by atoms with E-state index in [1.165, 1.54) is 26.4 Å². The summed E-state index contributed by atoms with van der Waals surface area (Å²) in [6.45, 7) is 0. The first-order valence-electron chi connectivity index (χ1n) is 7.07. The van der Waals surface area contributed by atoms with E-state index >= 15 is 0 Å². The number of hydrogen-bond acceptors (Lipinski definition) is 4. The molecule has 1 aliphatic rings. The molecule has 2 aromatic carbocycles. The van der Waals surface area contributed by atoms with Gasteiger partial charge < -0.3 is 19.9 Å². The second-order valence-corrected chi connectivity index (χ2v) is 5.30. The second-order valence-electron chi connectivity index (χ2n) is 5.30. The van der Waals surface area contributed by atoms with Crippen LogP contribution in [-0.4, -0.2) is 25.2 Å². The van der Waals surface area contributed by atoms with Crippen LogP contribution in [0.3, 0.4) is 0 Å². The van der Waals surface area contributed by atoms with Gasteiger partial charge in [0.25, 0.3) is 0 Å². The maximum Gasteiger partial charge on any atom is 0.225 e. The van der Waals surface area contributed by atoms with Crippen molar-refractivity contribution in [2.24, 2.45) is 0 Å². The molecule has 6 heteroatoms. The van der Waals surface area contributed by atoms with Crippen molar-refractivity contribution >= 4 is 11.6 Å². The fraction of sp³-hybridized carbons (Fsp3) is 0.235. The van der Waals surface area contributed by atoms with Crippen molar-refractivity contribution in [3.05, 3.63) is 47.3 Å². The molecule has 2 aromatic rings. The van der Waals surface area contributed by atoms with Crippen LogP contribution in [0.15, 0.2) is 30.3 Å². The van der Waals surface area contributed by atoms with Crippen molar-refractivity contribution in [1.82, 2.24) is 0 Å². The number of benzene rings is 2. The molecule has 0 saturated carbocycles. The van der Waals surface area contributed by atoms with Crippen molar-refractivity contribution < 1.29 is 23.8 Å². The minimum absolute atomic E-state index is 0.134. The van der Waals surface area contributed by atoms with E-state index < -0.39 is 11.7 Å².